The minimum absolute atomic E-state index is 0. The van der Waals surface area contributed by atoms with E-state index in [2.05, 4.69) is 32.6 Å². The van der Waals surface area contributed by atoms with Gasteiger partial charge in [-0.05, 0) is 24.1 Å². The molecule has 2 fully saturated rings. The molecule has 2 saturated heterocycles. The van der Waals surface area contributed by atoms with Gasteiger partial charge in [-0.2, -0.15) is 0 Å². The van der Waals surface area contributed by atoms with Crippen LogP contribution in [0.15, 0.2) is 24.3 Å². The number of likely N-dealkylation sites (tertiary alicyclic amines) is 1. The molecule has 1 aromatic carbocycles. The van der Waals surface area contributed by atoms with Crippen LogP contribution in [0.25, 0.3) is 0 Å². The SMILES string of the molecule is CC(=O)Nc1ccc(CN2CCC(N3CCNCC3)C2)cc1.Cl. The van der Waals surface area contributed by atoms with E-state index in [1.807, 2.05) is 12.1 Å². The Balaban J connectivity index is 0.00000192. The van der Waals surface area contributed by atoms with E-state index in [-0.39, 0.29) is 18.3 Å². The molecular formula is C17H27ClN4O. The molecule has 2 aliphatic heterocycles. The molecule has 1 unspecified atom stereocenters. The molecule has 0 saturated carbocycles. The fraction of sp³-hybridized carbons (Fsp3) is 0.588. The average Bonchev–Trinajstić information content (AvgIpc) is 2.98. The molecule has 1 aromatic rings. The number of piperazine rings is 1. The summed E-state index contributed by atoms with van der Waals surface area (Å²) in [5, 5.41) is 6.23. The van der Waals surface area contributed by atoms with Gasteiger partial charge < -0.3 is 10.6 Å². The first-order chi connectivity index (χ1) is 10.7. The van der Waals surface area contributed by atoms with Gasteiger partial charge in [-0.15, -0.1) is 12.4 Å². The zero-order chi connectivity index (χ0) is 15.4. The predicted molar refractivity (Wildman–Crippen MR) is 96.1 cm³/mol. The molecule has 0 spiro atoms. The molecule has 1 amide bonds. The number of nitrogens with zero attached hydrogens (tertiary/aromatic N) is 2. The van der Waals surface area contributed by atoms with Gasteiger partial charge >= 0.3 is 0 Å². The molecule has 5 nitrogen and oxygen atoms in total. The van der Waals surface area contributed by atoms with E-state index in [9.17, 15) is 4.79 Å². The van der Waals surface area contributed by atoms with E-state index in [4.69, 9.17) is 0 Å². The highest BCUT2D eigenvalue weighted by atomic mass is 35.5. The molecule has 6 heteroatoms. The number of hydrogen-bond donors (Lipinski definition) is 2. The van der Waals surface area contributed by atoms with Crippen molar-refractivity contribution in [2.75, 3.05) is 44.6 Å². The first-order valence-corrected chi connectivity index (χ1v) is 8.24. The zero-order valence-electron chi connectivity index (χ0n) is 13.8. The van der Waals surface area contributed by atoms with Gasteiger partial charge in [0.25, 0.3) is 0 Å². The van der Waals surface area contributed by atoms with Crippen LogP contribution in [0, 0.1) is 0 Å². The van der Waals surface area contributed by atoms with E-state index in [1.165, 1.54) is 45.1 Å². The second-order valence-electron chi connectivity index (χ2n) is 6.34. The number of carbonyl (C=O) groups is 1. The minimum atomic E-state index is -0.0221. The number of rotatable bonds is 4. The summed E-state index contributed by atoms with van der Waals surface area (Å²) in [4.78, 5) is 16.2. The molecule has 2 N–H and O–H groups in total. The molecule has 1 atom stereocenters. The Morgan fingerprint density at radius 3 is 2.57 bits per heavy atom. The molecule has 128 valence electrons. The van der Waals surface area contributed by atoms with Crippen LogP contribution in [0.4, 0.5) is 5.69 Å². The Morgan fingerprint density at radius 2 is 1.91 bits per heavy atom. The maximum atomic E-state index is 11.0. The zero-order valence-corrected chi connectivity index (χ0v) is 14.6. The van der Waals surface area contributed by atoms with Crippen molar-refractivity contribution >= 4 is 24.0 Å². The summed E-state index contributed by atoms with van der Waals surface area (Å²) >= 11 is 0. The van der Waals surface area contributed by atoms with Gasteiger partial charge in [0.05, 0.1) is 0 Å². The predicted octanol–water partition coefficient (Wildman–Crippen LogP) is 1.55. The minimum Gasteiger partial charge on any atom is -0.326 e. The molecular weight excluding hydrogens is 312 g/mol. The van der Waals surface area contributed by atoms with Gasteiger partial charge in [-0.3, -0.25) is 14.6 Å². The summed E-state index contributed by atoms with van der Waals surface area (Å²) in [6.07, 6.45) is 1.28. The van der Waals surface area contributed by atoms with Crippen LogP contribution in [-0.2, 0) is 11.3 Å². The maximum Gasteiger partial charge on any atom is 0.221 e. The Hall–Kier alpha value is -1.14. The third kappa shape index (κ3) is 5.18. The Morgan fingerprint density at radius 1 is 1.22 bits per heavy atom. The lowest BCUT2D eigenvalue weighted by atomic mass is 10.2. The highest BCUT2D eigenvalue weighted by Crippen LogP contribution is 2.19. The topological polar surface area (TPSA) is 47.6 Å². The van der Waals surface area contributed by atoms with Crippen molar-refractivity contribution in [1.82, 2.24) is 15.1 Å². The lowest BCUT2D eigenvalue weighted by Crippen LogP contribution is -2.49. The van der Waals surface area contributed by atoms with Crippen molar-refractivity contribution in [3.63, 3.8) is 0 Å². The first kappa shape index (κ1) is 18.2. The second-order valence-corrected chi connectivity index (χ2v) is 6.34. The third-order valence-corrected chi connectivity index (χ3v) is 4.60. The molecule has 0 aliphatic carbocycles. The van der Waals surface area contributed by atoms with Crippen LogP contribution < -0.4 is 10.6 Å². The number of nitrogens with one attached hydrogen (secondary N) is 2. The quantitative estimate of drug-likeness (QED) is 0.874. The number of hydrogen-bond acceptors (Lipinski definition) is 4. The standard InChI is InChI=1S/C17H26N4O.ClH/c1-14(22)19-16-4-2-15(3-5-16)12-20-9-6-17(13-20)21-10-7-18-8-11-21;/h2-5,17-18H,6-13H2,1H3,(H,19,22);1H. The summed E-state index contributed by atoms with van der Waals surface area (Å²) in [6, 6.07) is 8.93. The summed E-state index contributed by atoms with van der Waals surface area (Å²) in [6.45, 7) is 9.52. The van der Waals surface area contributed by atoms with Crippen molar-refractivity contribution in [2.24, 2.45) is 0 Å². The molecule has 0 bridgehead atoms. The Labute approximate surface area is 144 Å². The van der Waals surface area contributed by atoms with E-state index >= 15 is 0 Å². The lowest BCUT2D eigenvalue weighted by molar-refractivity contribution is -0.114. The number of amides is 1. The average molecular weight is 339 g/mol. The number of halogens is 1. The monoisotopic (exact) mass is 338 g/mol. The fourth-order valence-electron chi connectivity index (χ4n) is 3.46. The number of carbonyl (C=O) groups excluding carboxylic acids is 1. The van der Waals surface area contributed by atoms with E-state index < -0.39 is 0 Å². The Bertz CT molecular complexity index is 502. The fourth-order valence-corrected chi connectivity index (χ4v) is 3.46. The summed E-state index contributed by atoms with van der Waals surface area (Å²) in [7, 11) is 0. The van der Waals surface area contributed by atoms with Gasteiger partial charge in [0.1, 0.15) is 0 Å². The smallest absolute Gasteiger partial charge is 0.221 e. The van der Waals surface area contributed by atoms with Gasteiger partial charge in [-0.1, -0.05) is 12.1 Å². The van der Waals surface area contributed by atoms with Crippen LogP contribution in [0.5, 0.6) is 0 Å². The molecule has 23 heavy (non-hydrogen) atoms. The summed E-state index contributed by atoms with van der Waals surface area (Å²) in [5.41, 5.74) is 2.19. The van der Waals surface area contributed by atoms with Gasteiger partial charge in [-0.25, -0.2) is 0 Å². The summed E-state index contributed by atoms with van der Waals surface area (Å²) < 4.78 is 0. The van der Waals surface area contributed by atoms with E-state index in [0.717, 1.165) is 31.4 Å². The van der Waals surface area contributed by atoms with Crippen molar-refractivity contribution in [3.8, 4) is 0 Å². The van der Waals surface area contributed by atoms with E-state index in [0.29, 0.717) is 0 Å². The van der Waals surface area contributed by atoms with Crippen LogP contribution >= 0.6 is 12.4 Å². The third-order valence-electron chi connectivity index (χ3n) is 4.60. The second kappa shape index (κ2) is 8.64. The summed E-state index contributed by atoms with van der Waals surface area (Å²) in [5.74, 6) is -0.0221. The van der Waals surface area contributed by atoms with Crippen molar-refractivity contribution in [1.29, 1.82) is 0 Å². The highest BCUT2D eigenvalue weighted by Gasteiger charge is 2.28. The Kier molecular flexibility index (Phi) is 6.84. The number of benzene rings is 1. The highest BCUT2D eigenvalue weighted by molar-refractivity contribution is 5.88. The van der Waals surface area contributed by atoms with Crippen molar-refractivity contribution in [3.05, 3.63) is 29.8 Å². The molecule has 2 aliphatic rings. The maximum absolute atomic E-state index is 11.0. The van der Waals surface area contributed by atoms with Crippen LogP contribution in [0.2, 0.25) is 0 Å². The molecule has 3 rings (SSSR count). The first-order valence-electron chi connectivity index (χ1n) is 8.24. The normalized spacial score (nSPS) is 22.6. The van der Waals surface area contributed by atoms with E-state index in [1.54, 1.807) is 0 Å². The molecule has 0 radical (unpaired) electrons. The number of anilines is 1. The van der Waals surface area contributed by atoms with Crippen LogP contribution in [0.1, 0.15) is 18.9 Å². The van der Waals surface area contributed by atoms with Crippen molar-refractivity contribution < 1.29 is 4.79 Å². The lowest BCUT2D eigenvalue weighted by Gasteiger charge is -2.32. The largest absolute Gasteiger partial charge is 0.326 e. The van der Waals surface area contributed by atoms with Gasteiger partial charge in [0.2, 0.25) is 5.91 Å². The van der Waals surface area contributed by atoms with Crippen LogP contribution in [-0.4, -0.2) is 61.0 Å². The van der Waals surface area contributed by atoms with Gasteiger partial charge in [0.15, 0.2) is 0 Å². The molecule has 0 aromatic heterocycles. The van der Waals surface area contributed by atoms with Crippen LogP contribution in [0.3, 0.4) is 0 Å². The molecule has 2 heterocycles. The van der Waals surface area contributed by atoms with Crippen molar-refractivity contribution in [2.45, 2.75) is 25.9 Å². The van der Waals surface area contributed by atoms with Gasteiger partial charge in [0, 0.05) is 64.5 Å².